The number of rotatable bonds is 8. The van der Waals surface area contributed by atoms with Crippen LogP contribution in [0.2, 0.25) is 0 Å². The van der Waals surface area contributed by atoms with Crippen molar-refractivity contribution in [3.05, 3.63) is 48.2 Å². The third-order valence-corrected chi connectivity index (χ3v) is 5.36. The van der Waals surface area contributed by atoms with Gasteiger partial charge in [0.15, 0.2) is 11.5 Å². The fourth-order valence-electron chi connectivity index (χ4n) is 3.30. The van der Waals surface area contributed by atoms with Crippen LogP contribution in [0, 0.1) is 0 Å². The van der Waals surface area contributed by atoms with Crippen LogP contribution in [0.4, 0.5) is 0 Å². The lowest BCUT2D eigenvalue weighted by Crippen LogP contribution is -2.23. The molecule has 0 unspecified atom stereocenters. The van der Waals surface area contributed by atoms with Gasteiger partial charge >= 0.3 is 0 Å². The van der Waals surface area contributed by atoms with Crippen LogP contribution in [-0.4, -0.2) is 29.6 Å². The fraction of sp³-hybridized carbons (Fsp3) is 0.333. The maximum absolute atomic E-state index is 6.28. The first-order valence-electron chi connectivity index (χ1n) is 9.15. The van der Waals surface area contributed by atoms with Gasteiger partial charge in [0.1, 0.15) is 0 Å². The van der Waals surface area contributed by atoms with Crippen LogP contribution in [-0.2, 0) is 6.54 Å². The van der Waals surface area contributed by atoms with Gasteiger partial charge in [-0.3, -0.25) is 0 Å². The van der Waals surface area contributed by atoms with Crippen molar-refractivity contribution in [1.82, 2.24) is 10.3 Å². The Bertz CT molecular complexity index is 926. The van der Waals surface area contributed by atoms with E-state index in [9.17, 15) is 0 Å². The van der Waals surface area contributed by atoms with Gasteiger partial charge in [0.2, 0.25) is 6.79 Å². The minimum Gasteiger partial charge on any atom is -0.454 e. The molecule has 0 saturated heterocycles. The average molecular weight is 405 g/mol. The van der Waals surface area contributed by atoms with Crippen LogP contribution in [0.25, 0.3) is 22.0 Å². The van der Waals surface area contributed by atoms with E-state index < -0.39 is 0 Å². The Labute approximate surface area is 168 Å². The number of H-pyrrole nitrogens is 1. The molecular weight excluding hydrogens is 383 g/mol. The van der Waals surface area contributed by atoms with Gasteiger partial charge in [-0.05, 0) is 53.6 Å². The zero-order valence-electron chi connectivity index (χ0n) is 14.9. The summed E-state index contributed by atoms with van der Waals surface area (Å²) < 4.78 is 10.9. The Kier molecular flexibility index (Phi) is 5.77. The van der Waals surface area contributed by atoms with Crippen molar-refractivity contribution in [2.45, 2.75) is 24.8 Å². The number of hydrogen-bond acceptors (Lipinski definition) is 3. The molecule has 2 heterocycles. The first-order chi connectivity index (χ1) is 13.2. The number of halogens is 2. The summed E-state index contributed by atoms with van der Waals surface area (Å²) in [5.74, 6) is 2.27. The summed E-state index contributed by atoms with van der Waals surface area (Å²) in [6, 6.07) is 14.7. The first kappa shape index (κ1) is 18.5. The maximum atomic E-state index is 6.28. The van der Waals surface area contributed by atoms with Gasteiger partial charge in [0.05, 0.1) is 0 Å². The van der Waals surface area contributed by atoms with Gasteiger partial charge in [-0.15, -0.1) is 23.2 Å². The zero-order chi connectivity index (χ0) is 18.6. The van der Waals surface area contributed by atoms with Crippen LogP contribution in [0.1, 0.15) is 18.5 Å². The SMILES string of the molecule is ClCCC[C@@H](Cl)CNCc1cc2ccc(-c3ccc4c(c3)OCO4)cc2[nH]1. The molecule has 6 heteroatoms. The molecule has 0 bridgehead atoms. The predicted octanol–water partition coefficient (Wildman–Crippen LogP) is 5.28. The van der Waals surface area contributed by atoms with E-state index in [0.717, 1.165) is 59.8 Å². The number of aromatic amines is 1. The van der Waals surface area contributed by atoms with Crippen LogP contribution in [0.5, 0.6) is 11.5 Å². The molecule has 1 aliphatic rings. The highest BCUT2D eigenvalue weighted by atomic mass is 35.5. The molecule has 2 N–H and O–H groups in total. The second-order valence-electron chi connectivity index (χ2n) is 6.72. The van der Waals surface area contributed by atoms with E-state index in [1.165, 1.54) is 5.39 Å². The van der Waals surface area contributed by atoms with E-state index in [4.69, 9.17) is 32.7 Å². The minimum absolute atomic E-state index is 0.116. The standard InChI is InChI=1S/C21H22Cl2N2O2/c22-7-1-2-17(23)11-24-12-18-8-16-4-3-14(9-19(16)25-18)15-5-6-20-21(10-15)27-13-26-20/h3-6,8-10,17,24-25H,1-2,7,11-13H2/t17-/m1/s1. The molecule has 4 nitrogen and oxygen atoms in total. The summed E-state index contributed by atoms with van der Waals surface area (Å²) in [4.78, 5) is 3.49. The summed E-state index contributed by atoms with van der Waals surface area (Å²) in [7, 11) is 0. The highest BCUT2D eigenvalue weighted by molar-refractivity contribution is 6.21. The normalized spacial score (nSPS) is 14.0. The first-order valence-corrected chi connectivity index (χ1v) is 10.1. The molecule has 0 saturated carbocycles. The number of benzene rings is 2. The van der Waals surface area contributed by atoms with Crippen molar-refractivity contribution in [3.8, 4) is 22.6 Å². The lowest BCUT2D eigenvalue weighted by Gasteiger charge is -2.09. The highest BCUT2D eigenvalue weighted by Crippen LogP contribution is 2.36. The largest absolute Gasteiger partial charge is 0.454 e. The number of hydrogen-bond donors (Lipinski definition) is 2. The van der Waals surface area contributed by atoms with Crippen molar-refractivity contribution < 1.29 is 9.47 Å². The van der Waals surface area contributed by atoms with Crippen molar-refractivity contribution in [2.75, 3.05) is 19.2 Å². The van der Waals surface area contributed by atoms with Crippen LogP contribution >= 0.6 is 23.2 Å². The molecule has 0 aliphatic carbocycles. The number of nitrogens with one attached hydrogen (secondary N) is 2. The van der Waals surface area contributed by atoms with Gasteiger partial charge < -0.3 is 19.8 Å². The Morgan fingerprint density at radius 1 is 1.04 bits per heavy atom. The fourth-order valence-corrected chi connectivity index (χ4v) is 3.72. The molecule has 4 rings (SSSR count). The average Bonchev–Trinajstić information content (AvgIpc) is 3.31. The molecule has 1 atom stereocenters. The molecule has 0 spiro atoms. The summed E-state index contributed by atoms with van der Waals surface area (Å²) in [5, 5.41) is 4.72. The molecule has 0 radical (unpaired) electrons. The van der Waals surface area contributed by atoms with Gasteiger partial charge in [-0.2, -0.15) is 0 Å². The molecule has 1 aliphatic heterocycles. The van der Waals surface area contributed by atoms with E-state index in [2.05, 4.69) is 40.6 Å². The van der Waals surface area contributed by atoms with Gasteiger partial charge in [0, 0.05) is 35.6 Å². The molecule has 0 fully saturated rings. The molecule has 27 heavy (non-hydrogen) atoms. The highest BCUT2D eigenvalue weighted by Gasteiger charge is 2.14. The second kappa shape index (κ2) is 8.42. The maximum Gasteiger partial charge on any atom is 0.231 e. The third kappa shape index (κ3) is 4.34. The summed E-state index contributed by atoms with van der Waals surface area (Å²) >= 11 is 12.0. The van der Waals surface area contributed by atoms with E-state index in [-0.39, 0.29) is 5.38 Å². The van der Waals surface area contributed by atoms with E-state index in [1.807, 2.05) is 12.1 Å². The van der Waals surface area contributed by atoms with Crippen LogP contribution in [0.3, 0.4) is 0 Å². The topological polar surface area (TPSA) is 46.3 Å². The Hall–Kier alpha value is -1.88. The van der Waals surface area contributed by atoms with Gasteiger partial charge in [-0.25, -0.2) is 0 Å². The molecular formula is C21H22Cl2N2O2. The molecule has 0 amide bonds. The smallest absolute Gasteiger partial charge is 0.231 e. The molecule has 3 aromatic rings. The number of ether oxygens (including phenoxy) is 2. The Morgan fingerprint density at radius 2 is 1.85 bits per heavy atom. The van der Waals surface area contributed by atoms with Gasteiger partial charge in [0.25, 0.3) is 0 Å². The molecule has 1 aromatic heterocycles. The summed E-state index contributed by atoms with van der Waals surface area (Å²) in [6.07, 6.45) is 1.88. The number of fused-ring (bicyclic) bond motifs is 2. The third-order valence-electron chi connectivity index (χ3n) is 4.72. The van der Waals surface area contributed by atoms with Crippen LogP contribution in [0.15, 0.2) is 42.5 Å². The lowest BCUT2D eigenvalue weighted by atomic mass is 10.0. The van der Waals surface area contributed by atoms with E-state index in [0.29, 0.717) is 12.7 Å². The monoisotopic (exact) mass is 404 g/mol. The molecule has 142 valence electrons. The predicted molar refractivity (Wildman–Crippen MR) is 111 cm³/mol. The zero-order valence-corrected chi connectivity index (χ0v) is 16.4. The van der Waals surface area contributed by atoms with Crippen LogP contribution < -0.4 is 14.8 Å². The van der Waals surface area contributed by atoms with E-state index in [1.54, 1.807) is 0 Å². The van der Waals surface area contributed by atoms with E-state index >= 15 is 0 Å². The minimum atomic E-state index is 0.116. The van der Waals surface area contributed by atoms with Crippen molar-refractivity contribution >= 4 is 34.1 Å². The number of alkyl halides is 2. The van der Waals surface area contributed by atoms with Crippen molar-refractivity contribution in [1.29, 1.82) is 0 Å². The van der Waals surface area contributed by atoms with Gasteiger partial charge in [-0.1, -0.05) is 18.2 Å². The summed E-state index contributed by atoms with van der Waals surface area (Å²) in [6.45, 7) is 1.83. The number of aromatic nitrogens is 1. The van der Waals surface area contributed by atoms with Crippen molar-refractivity contribution in [2.24, 2.45) is 0 Å². The second-order valence-corrected chi connectivity index (χ2v) is 7.72. The van der Waals surface area contributed by atoms with Crippen molar-refractivity contribution in [3.63, 3.8) is 0 Å². The quantitative estimate of drug-likeness (QED) is 0.502. The molecule has 2 aromatic carbocycles. The Morgan fingerprint density at radius 3 is 2.74 bits per heavy atom. The Balaban J connectivity index is 1.44. The lowest BCUT2D eigenvalue weighted by molar-refractivity contribution is 0.174. The summed E-state index contributed by atoms with van der Waals surface area (Å²) in [5.41, 5.74) is 4.52.